The zero-order valence-electron chi connectivity index (χ0n) is 11.1. The van der Waals surface area contributed by atoms with Crippen molar-refractivity contribution in [1.29, 1.82) is 0 Å². The second-order valence-corrected chi connectivity index (χ2v) is 5.00. The molecule has 0 fully saturated rings. The van der Waals surface area contributed by atoms with E-state index in [0.717, 1.165) is 6.42 Å². The van der Waals surface area contributed by atoms with Gasteiger partial charge in [0, 0.05) is 24.5 Å². The second-order valence-electron chi connectivity index (χ2n) is 4.21. The number of amides is 1. The van der Waals surface area contributed by atoms with Crippen LogP contribution in [0.5, 0.6) is 0 Å². The number of nitro groups is 1. The topological polar surface area (TPSA) is 63.5 Å². The third-order valence-electron chi connectivity index (χ3n) is 2.80. The molecule has 0 heterocycles. The largest absolute Gasteiger partial charge is 0.338 e. The van der Waals surface area contributed by atoms with Crippen molar-refractivity contribution in [3.05, 3.63) is 39.4 Å². The normalized spacial score (nSPS) is 10.3. The van der Waals surface area contributed by atoms with Crippen LogP contribution >= 0.6 is 15.9 Å². The van der Waals surface area contributed by atoms with E-state index in [2.05, 4.69) is 15.9 Å². The first-order valence-corrected chi connectivity index (χ1v) is 7.24. The quantitative estimate of drug-likeness (QED) is 0.457. The molecule has 0 bridgehead atoms. The minimum absolute atomic E-state index is 0.124. The summed E-state index contributed by atoms with van der Waals surface area (Å²) in [7, 11) is 0. The molecule has 5 nitrogen and oxygen atoms in total. The van der Waals surface area contributed by atoms with Gasteiger partial charge in [0.15, 0.2) is 0 Å². The summed E-state index contributed by atoms with van der Waals surface area (Å²) in [5, 5.41) is 11.7. The van der Waals surface area contributed by atoms with Crippen molar-refractivity contribution in [1.82, 2.24) is 4.90 Å². The fourth-order valence-electron chi connectivity index (χ4n) is 1.93. The Bertz CT molecular complexity index is 471. The Morgan fingerprint density at radius 1 is 1.42 bits per heavy atom. The van der Waals surface area contributed by atoms with Gasteiger partial charge in [0.2, 0.25) is 0 Å². The van der Waals surface area contributed by atoms with E-state index in [1.165, 1.54) is 6.07 Å². The maximum Gasteiger partial charge on any atom is 0.282 e. The molecule has 0 aliphatic heterocycles. The van der Waals surface area contributed by atoms with Gasteiger partial charge in [-0.2, -0.15) is 0 Å². The fourth-order valence-corrected chi connectivity index (χ4v) is 2.36. The number of carbonyl (C=O) groups is 1. The van der Waals surface area contributed by atoms with Gasteiger partial charge in [-0.3, -0.25) is 14.9 Å². The van der Waals surface area contributed by atoms with Gasteiger partial charge in [-0.05, 0) is 18.9 Å². The minimum atomic E-state index is -0.501. The average molecular weight is 329 g/mol. The first-order valence-electron chi connectivity index (χ1n) is 6.12. The van der Waals surface area contributed by atoms with E-state index in [-0.39, 0.29) is 17.2 Å². The molecule has 0 aromatic heterocycles. The molecule has 0 aliphatic carbocycles. The van der Waals surface area contributed by atoms with Gasteiger partial charge < -0.3 is 4.90 Å². The number of rotatable bonds is 6. The summed E-state index contributed by atoms with van der Waals surface area (Å²) in [5.41, 5.74) is 0.706. The first-order chi connectivity index (χ1) is 9.02. The highest BCUT2D eigenvalue weighted by atomic mass is 79.9. The highest BCUT2D eigenvalue weighted by molar-refractivity contribution is 9.09. The highest BCUT2D eigenvalue weighted by Crippen LogP contribution is 2.23. The lowest BCUT2D eigenvalue weighted by molar-refractivity contribution is -0.385. The van der Waals surface area contributed by atoms with Crippen LogP contribution in [-0.4, -0.2) is 34.2 Å². The molecular formula is C13H17BrN2O3. The van der Waals surface area contributed by atoms with Crippen LogP contribution in [0.15, 0.2) is 18.2 Å². The molecule has 1 aromatic rings. The number of carbonyl (C=O) groups excluding carboxylic acids is 1. The molecular weight excluding hydrogens is 312 g/mol. The van der Waals surface area contributed by atoms with E-state index >= 15 is 0 Å². The van der Waals surface area contributed by atoms with Gasteiger partial charge in [0.25, 0.3) is 11.6 Å². The van der Waals surface area contributed by atoms with Gasteiger partial charge in [-0.1, -0.05) is 35.0 Å². The summed E-state index contributed by atoms with van der Waals surface area (Å²) in [5.74, 6) is -0.272. The number of halogens is 1. The van der Waals surface area contributed by atoms with Crippen LogP contribution in [0.3, 0.4) is 0 Å². The summed E-state index contributed by atoms with van der Waals surface area (Å²) < 4.78 is 0. The summed E-state index contributed by atoms with van der Waals surface area (Å²) in [6, 6.07) is 4.69. The van der Waals surface area contributed by atoms with Gasteiger partial charge in [0.1, 0.15) is 5.56 Å². The Morgan fingerprint density at radius 3 is 2.63 bits per heavy atom. The van der Waals surface area contributed by atoms with Gasteiger partial charge in [-0.15, -0.1) is 0 Å². The van der Waals surface area contributed by atoms with Crippen LogP contribution in [0.25, 0.3) is 0 Å². The third kappa shape index (κ3) is 3.76. The lowest BCUT2D eigenvalue weighted by atomic mass is 10.1. The first kappa shape index (κ1) is 15.6. The maximum absolute atomic E-state index is 12.5. The molecule has 0 N–H and O–H groups in total. The lowest BCUT2D eigenvalue weighted by Crippen LogP contribution is -2.34. The second kappa shape index (κ2) is 7.23. The number of nitro benzene ring substituents is 1. The molecule has 1 rings (SSSR count). The smallest absolute Gasteiger partial charge is 0.282 e. The number of aryl methyl sites for hydroxylation is 1. The van der Waals surface area contributed by atoms with Crippen LogP contribution < -0.4 is 0 Å². The lowest BCUT2D eigenvalue weighted by Gasteiger charge is -2.21. The zero-order valence-corrected chi connectivity index (χ0v) is 12.6. The maximum atomic E-state index is 12.5. The monoisotopic (exact) mass is 328 g/mol. The zero-order chi connectivity index (χ0) is 14.4. The summed E-state index contributed by atoms with van der Waals surface area (Å²) in [4.78, 5) is 24.7. The van der Waals surface area contributed by atoms with Crippen molar-refractivity contribution in [2.45, 2.75) is 20.3 Å². The third-order valence-corrected chi connectivity index (χ3v) is 3.15. The molecule has 0 aliphatic rings. The van der Waals surface area contributed by atoms with Crippen molar-refractivity contribution >= 4 is 27.5 Å². The van der Waals surface area contributed by atoms with E-state index < -0.39 is 4.92 Å². The predicted octanol–water partition coefficient (Wildman–Crippen LogP) is 3.15. The summed E-state index contributed by atoms with van der Waals surface area (Å²) >= 11 is 3.30. The Hall–Kier alpha value is -1.43. The predicted molar refractivity (Wildman–Crippen MR) is 77.8 cm³/mol. The van der Waals surface area contributed by atoms with E-state index in [1.807, 2.05) is 6.92 Å². The molecule has 0 radical (unpaired) electrons. The summed E-state index contributed by atoms with van der Waals surface area (Å²) in [6.45, 7) is 4.83. The minimum Gasteiger partial charge on any atom is -0.338 e. The van der Waals surface area contributed by atoms with Crippen LogP contribution in [0.1, 0.15) is 29.3 Å². The van der Waals surface area contributed by atoms with E-state index in [0.29, 0.717) is 24.0 Å². The number of hydrogen-bond donors (Lipinski definition) is 0. The van der Waals surface area contributed by atoms with E-state index in [4.69, 9.17) is 0 Å². The van der Waals surface area contributed by atoms with Crippen LogP contribution in [0, 0.1) is 17.0 Å². The molecule has 1 amide bonds. The van der Waals surface area contributed by atoms with Crippen molar-refractivity contribution in [2.24, 2.45) is 0 Å². The van der Waals surface area contributed by atoms with Crippen LogP contribution in [0.2, 0.25) is 0 Å². The Morgan fingerprint density at radius 2 is 2.11 bits per heavy atom. The van der Waals surface area contributed by atoms with Crippen molar-refractivity contribution in [3.63, 3.8) is 0 Å². The molecule has 0 spiro atoms. The molecule has 104 valence electrons. The van der Waals surface area contributed by atoms with Crippen LogP contribution in [0.4, 0.5) is 5.69 Å². The fraction of sp³-hybridized carbons (Fsp3) is 0.462. The van der Waals surface area contributed by atoms with Crippen molar-refractivity contribution < 1.29 is 9.72 Å². The average Bonchev–Trinajstić information content (AvgIpc) is 2.37. The highest BCUT2D eigenvalue weighted by Gasteiger charge is 2.25. The number of benzene rings is 1. The van der Waals surface area contributed by atoms with E-state index in [9.17, 15) is 14.9 Å². The molecule has 0 saturated carbocycles. The van der Waals surface area contributed by atoms with Crippen molar-refractivity contribution in [3.8, 4) is 0 Å². The van der Waals surface area contributed by atoms with Gasteiger partial charge in [0.05, 0.1) is 4.92 Å². The number of nitrogens with zero attached hydrogens (tertiary/aromatic N) is 2. The SMILES string of the molecule is CCCN(CCBr)C(=O)c1c(C)cccc1[N+](=O)[O-]. The molecule has 1 aromatic carbocycles. The Kier molecular flexibility index (Phi) is 5.95. The van der Waals surface area contributed by atoms with E-state index in [1.54, 1.807) is 24.0 Å². The molecule has 0 atom stereocenters. The van der Waals surface area contributed by atoms with Gasteiger partial charge >= 0.3 is 0 Å². The summed E-state index contributed by atoms with van der Waals surface area (Å²) in [6.07, 6.45) is 0.818. The van der Waals surface area contributed by atoms with Crippen molar-refractivity contribution in [2.75, 3.05) is 18.4 Å². The Balaban J connectivity index is 3.19. The molecule has 19 heavy (non-hydrogen) atoms. The standard InChI is InChI=1S/C13H17BrN2O3/c1-3-8-15(9-7-14)13(17)12-10(2)5-4-6-11(12)16(18)19/h4-6H,3,7-9H2,1-2H3. The molecule has 0 saturated heterocycles. The number of hydrogen-bond acceptors (Lipinski definition) is 3. The number of alkyl halides is 1. The molecule has 0 unspecified atom stereocenters. The van der Waals surface area contributed by atoms with Gasteiger partial charge in [-0.25, -0.2) is 0 Å². The Labute approximate surface area is 120 Å². The van der Waals surface area contributed by atoms with Crippen LogP contribution in [-0.2, 0) is 0 Å². The molecule has 6 heteroatoms.